The largest absolute Gasteiger partial charge is 0.390 e. The van der Waals surface area contributed by atoms with Gasteiger partial charge in [0, 0.05) is 11.5 Å². The molecular weight excluding hydrogens is 176 g/mol. The summed E-state index contributed by atoms with van der Waals surface area (Å²) in [5, 5.41) is 9.74. The fourth-order valence-corrected chi connectivity index (χ4v) is 1.59. The van der Waals surface area contributed by atoms with E-state index in [1.165, 1.54) is 5.54 Å². The molecule has 0 aromatic heterocycles. The minimum absolute atomic E-state index is 0.190. The van der Waals surface area contributed by atoms with Crippen LogP contribution in [0.2, 0.25) is 0 Å². The van der Waals surface area contributed by atoms with Crippen molar-refractivity contribution in [3.8, 4) is 0 Å². The van der Waals surface area contributed by atoms with Gasteiger partial charge in [-0.25, -0.2) is 0 Å². The lowest BCUT2D eigenvalue weighted by molar-refractivity contribution is -0.0311. The summed E-state index contributed by atoms with van der Waals surface area (Å²) >= 11 is 5.40. The maximum absolute atomic E-state index is 9.74. The average Bonchev–Trinajstić information content (AvgIpc) is 2.26. The molecule has 0 aromatic rings. The van der Waals surface area contributed by atoms with Crippen LogP contribution >= 0.6 is 11.6 Å². The van der Waals surface area contributed by atoms with Crippen molar-refractivity contribution in [2.45, 2.75) is 32.0 Å². The Balaban J connectivity index is 2.49. The predicted octanol–water partition coefficient (Wildman–Crippen LogP) is 1.91. The highest BCUT2D eigenvalue weighted by Crippen LogP contribution is 2.31. The molecule has 0 aromatic carbocycles. The molecule has 3 heteroatoms. The number of halogens is 1. The van der Waals surface area contributed by atoms with Crippen LogP contribution in [0.3, 0.4) is 0 Å². The van der Waals surface area contributed by atoms with Gasteiger partial charge in [0.15, 0.2) is 0 Å². The van der Waals surface area contributed by atoms with Gasteiger partial charge in [0.05, 0.1) is 18.3 Å². The van der Waals surface area contributed by atoms with Crippen LogP contribution in [0.25, 0.3) is 0 Å². The number of aliphatic hydroxyl groups is 1. The summed E-state index contributed by atoms with van der Waals surface area (Å²) in [5.74, 6) is 0.190. The predicted molar refractivity (Wildman–Crippen MR) is 49.1 cm³/mol. The highest BCUT2D eigenvalue weighted by molar-refractivity contribution is 6.25. The van der Waals surface area contributed by atoms with E-state index >= 15 is 0 Å². The Morgan fingerprint density at radius 1 is 1.67 bits per heavy atom. The number of rotatable bonds is 2. The second-order valence-corrected chi connectivity index (χ2v) is 3.97. The molecule has 1 N–H and O–H groups in total. The van der Waals surface area contributed by atoms with E-state index in [1.807, 2.05) is 19.9 Å². The molecule has 0 aliphatic carbocycles. The molecule has 0 radical (unpaired) electrons. The molecule has 1 heterocycles. The van der Waals surface area contributed by atoms with Crippen LogP contribution in [0.4, 0.5) is 0 Å². The molecule has 0 saturated carbocycles. The maximum atomic E-state index is 9.74. The maximum Gasteiger partial charge on any atom is 0.0888 e. The molecular formula is C9H15ClO2. The summed E-state index contributed by atoms with van der Waals surface area (Å²) < 4.78 is 5.44. The fourth-order valence-electron chi connectivity index (χ4n) is 1.49. The summed E-state index contributed by atoms with van der Waals surface area (Å²) in [4.78, 5) is 0. The van der Waals surface area contributed by atoms with Gasteiger partial charge in [-0.15, -0.1) is 0 Å². The first-order chi connectivity index (χ1) is 5.58. The monoisotopic (exact) mass is 190 g/mol. The van der Waals surface area contributed by atoms with Gasteiger partial charge >= 0.3 is 0 Å². The molecule has 2 unspecified atom stereocenters. The minimum Gasteiger partial charge on any atom is -0.390 e. The molecule has 1 aliphatic heterocycles. The Morgan fingerprint density at radius 2 is 2.33 bits per heavy atom. The SMILES string of the molecule is CC1(C)OCC(C/C=C/Cl)C1O. The van der Waals surface area contributed by atoms with Gasteiger partial charge in [-0.3, -0.25) is 0 Å². The van der Waals surface area contributed by atoms with Gasteiger partial charge in [0.1, 0.15) is 0 Å². The van der Waals surface area contributed by atoms with Crippen molar-refractivity contribution in [3.05, 3.63) is 11.6 Å². The summed E-state index contributed by atoms with van der Waals surface area (Å²) in [5.41, 5.74) is 1.09. The highest BCUT2D eigenvalue weighted by Gasteiger charge is 2.41. The summed E-state index contributed by atoms with van der Waals surface area (Å²) in [6.45, 7) is 4.43. The smallest absolute Gasteiger partial charge is 0.0888 e. The molecule has 1 fully saturated rings. The molecule has 1 aliphatic rings. The van der Waals surface area contributed by atoms with Crippen LogP contribution in [0.1, 0.15) is 20.3 Å². The normalized spacial score (nSPS) is 34.7. The summed E-state index contributed by atoms with van der Waals surface area (Å²) in [6.07, 6.45) is 2.25. The van der Waals surface area contributed by atoms with Crippen molar-refractivity contribution in [2.75, 3.05) is 6.61 Å². The van der Waals surface area contributed by atoms with Crippen molar-refractivity contribution in [3.63, 3.8) is 0 Å². The van der Waals surface area contributed by atoms with Crippen LogP contribution in [0, 0.1) is 5.92 Å². The lowest BCUT2D eigenvalue weighted by atomic mass is 9.92. The zero-order chi connectivity index (χ0) is 9.19. The Labute approximate surface area is 78.2 Å². The van der Waals surface area contributed by atoms with Crippen LogP contribution in [-0.4, -0.2) is 23.4 Å². The lowest BCUT2D eigenvalue weighted by Crippen LogP contribution is -2.34. The van der Waals surface area contributed by atoms with Gasteiger partial charge in [-0.1, -0.05) is 17.7 Å². The van der Waals surface area contributed by atoms with Gasteiger partial charge in [0.25, 0.3) is 0 Å². The molecule has 12 heavy (non-hydrogen) atoms. The number of hydrogen-bond acceptors (Lipinski definition) is 2. The molecule has 70 valence electrons. The van der Waals surface area contributed by atoms with Crippen LogP contribution in [0.5, 0.6) is 0 Å². The lowest BCUT2D eigenvalue weighted by Gasteiger charge is -2.22. The zero-order valence-corrected chi connectivity index (χ0v) is 8.21. The standard InChI is InChI=1S/C9H15ClO2/c1-9(2)8(11)7(6-12-9)4-3-5-10/h3,5,7-8,11H,4,6H2,1-2H3/b5-3+. The van der Waals surface area contributed by atoms with E-state index in [0.29, 0.717) is 6.61 Å². The van der Waals surface area contributed by atoms with E-state index in [4.69, 9.17) is 16.3 Å². The summed E-state index contributed by atoms with van der Waals surface area (Å²) in [6, 6.07) is 0. The minimum atomic E-state index is -0.398. The first-order valence-electron chi connectivity index (χ1n) is 4.15. The van der Waals surface area contributed by atoms with Gasteiger partial charge in [-0.2, -0.15) is 0 Å². The van der Waals surface area contributed by atoms with E-state index < -0.39 is 5.60 Å². The third kappa shape index (κ3) is 2.00. The Kier molecular flexibility index (Phi) is 3.16. The number of allylic oxidation sites excluding steroid dienone is 1. The van der Waals surface area contributed by atoms with Gasteiger partial charge in [-0.05, 0) is 20.3 Å². The van der Waals surface area contributed by atoms with E-state index in [9.17, 15) is 5.11 Å². The zero-order valence-electron chi connectivity index (χ0n) is 7.46. The fraction of sp³-hybridized carbons (Fsp3) is 0.778. The first-order valence-corrected chi connectivity index (χ1v) is 4.59. The topological polar surface area (TPSA) is 29.5 Å². The van der Waals surface area contributed by atoms with E-state index in [-0.39, 0.29) is 12.0 Å². The van der Waals surface area contributed by atoms with Crippen LogP contribution in [0.15, 0.2) is 11.6 Å². The number of ether oxygens (including phenoxy) is 1. The quantitative estimate of drug-likeness (QED) is 0.721. The second-order valence-electron chi connectivity index (χ2n) is 3.72. The van der Waals surface area contributed by atoms with Crippen molar-refractivity contribution in [1.29, 1.82) is 0 Å². The molecule has 2 nitrogen and oxygen atoms in total. The Morgan fingerprint density at radius 3 is 2.75 bits per heavy atom. The van der Waals surface area contributed by atoms with Crippen molar-refractivity contribution < 1.29 is 9.84 Å². The van der Waals surface area contributed by atoms with Crippen LogP contribution < -0.4 is 0 Å². The molecule has 0 amide bonds. The molecule has 0 spiro atoms. The van der Waals surface area contributed by atoms with Crippen molar-refractivity contribution >= 4 is 11.6 Å². The third-order valence-corrected chi connectivity index (χ3v) is 2.53. The van der Waals surface area contributed by atoms with Crippen LogP contribution in [-0.2, 0) is 4.74 Å². The molecule has 1 rings (SSSR count). The number of aliphatic hydroxyl groups excluding tert-OH is 1. The third-order valence-electron chi connectivity index (χ3n) is 2.36. The highest BCUT2D eigenvalue weighted by atomic mass is 35.5. The average molecular weight is 191 g/mol. The van der Waals surface area contributed by atoms with Gasteiger partial charge < -0.3 is 9.84 Å². The van der Waals surface area contributed by atoms with Crippen molar-refractivity contribution in [2.24, 2.45) is 5.92 Å². The van der Waals surface area contributed by atoms with E-state index in [1.54, 1.807) is 0 Å². The Bertz CT molecular complexity index is 177. The molecule has 2 atom stereocenters. The summed E-state index contributed by atoms with van der Waals surface area (Å²) in [7, 11) is 0. The number of hydrogen-bond donors (Lipinski definition) is 1. The van der Waals surface area contributed by atoms with Crippen molar-refractivity contribution in [1.82, 2.24) is 0 Å². The Hall–Kier alpha value is -0.0500. The van der Waals surface area contributed by atoms with E-state index in [0.717, 1.165) is 6.42 Å². The molecule has 0 bridgehead atoms. The second kappa shape index (κ2) is 3.77. The first kappa shape index (κ1) is 10.0. The molecule has 1 saturated heterocycles. The van der Waals surface area contributed by atoms with Gasteiger partial charge in [0.2, 0.25) is 0 Å². The van der Waals surface area contributed by atoms with E-state index in [2.05, 4.69) is 0 Å².